The first-order chi connectivity index (χ1) is 10.6. The second-order valence-electron chi connectivity index (χ2n) is 5.92. The molecule has 2 aliphatic heterocycles. The maximum Gasteiger partial charge on any atom is 0.204 e. The van der Waals surface area contributed by atoms with Crippen molar-refractivity contribution in [3.63, 3.8) is 0 Å². The standard InChI is InChI=1S/C15H14F3N3O/c16-9-4-2-1-3-7(9)12-6-11(18)15-19-14(20-21(12)15)13(22)8-5-10(8)17/h1-4,8,10-12,15H,5-6H2,(H,19,20)/t8-,10-,11+,12+,15?/m1/s1. The van der Waals surface area contributed by atoms with Crippen molar-refractivity contribution in [3.8, 4) is 0 Å². The molecule has 4 rings (SSSR count). The highest BCUT2D eigenvalue weighted by Crippen LogP contribution is 2.41. The lowest BCUT2D eigenvalue weighted by molar-refractivity contribution is -0.114. The molecule has 1 aliphatic carbocycles. The van der Waals surface area contributed by atoms with Gasteiger partial charge in [-0.25, -0.2) is 18.2 Å². The Hall–Kier alpha value is -1.89. The summed E-state index contributed by atoms with van der Waals surface area (Å²) in [4.78, 5) is 16.1. The summed E-state index contributed by atoms with van der Waals surface area (Å²) in [5.41, 5.74) is 3.12. The highest BCUT2D eigenvalue weighted by molar-refractivity contribution is 6.40. The zero-order valence-corrected chi connectivity index (χ0v) is 11.5. The second kappa shape index (κ2) is 4.81. The Balaban J connectivity index is 1.58. The van der Waals surface area contributed by atoms with Gasteiger partial charge >= 0.3 is 0 Å². The normalized spacial score (nSPS) is 36.7. The van der Waals surface area contributed by atoms with Crippen LogP contribution in [0.2, 0.25) is 0 Å². The van der Waals surface area contributed by atoms with E-state index in [0.717, 1.165) is 0 Å². The maximum atomic E-state index is 14.2. The fourth-order valence-electron chi connectivity index (χ4n) is 3.13. The monoisotopic (exact) mass is 309 g/mol. The van der Waals surface area contributed by atoms with E-state index in [4.69, 9.17) is 0 Å². The van der Waals surface area contributed by atoms with Crippen molar-refractivity contribution in [1.82, 2.24) is 10.4 Å². The lowest BCUT2D eigenvalue weighted by atomic mass is 10.0. The predicted molar refractivity (Wildman–Crippen MR) is 72.9 cm³/mol. The van der Waals surface area contributed by atoms with Gasteiger partial charge in [-0.1, -0.05) is 18.2 Å². The highest BCUT2D eigenvalue weighted by atomic mass is 19.1. The Morgan fingerprint density at radius 3 is 2.64 bits per heavy atom. The summed E-state index contributed by atoms with van der Waals surface area (Å²) in [6.07, 6.45) is -3.00. The van der Waals surface area contributed by atoms with E-state index in [1.165, 1.54) is 11.1 Å². The van der Waals surface area contributed by atoms with Gasteiger partial charge in [0.2, 0.25) is 5.78 Å². The van der Waals surface area contributed by atoms with E-state index in [0.29, 0.717) is 5.56 Å². The van der Waals surface area contributed by atoms with Gasteiger partial charge in [-0.05, 0) is 12.5 Å². The minimum absolute atomic E-state index is 0.0150. The summed E-state index contributed by atoms with van der Waals surface area (Å²) in [5.74, 6) is -1.54. The van der Waals surface area contributed by atoms with E-state index in [1.54, 1.807) is 18.2 Å². The number of fused-ring (bicyclic) bond motifs is 1. The number of rotatable bonds is 3. The van der Waals surface area contributed by atoms with Crippen LogP contribution in [0, 0.1) is 11.7 Å². The predicted octanol–water partition coefficient (Wildman–Crippen LogP) is 2.08. The van der Waals surface area contributed by atoms with Crippen LogP contribution in [0.4, 0.5) is 13.2 Å². The number of amidine groups is 1. The van der Waals surface area contributed by atoms with Gasteiger partial charge in [-0.3, -0.25) is 10.2 Å². The zero-order valence-electron chi connectivity index (χ0n) is 11.5. The first kappa shape index (κ1) is 13.8. The fraction of sp³-hybridized carbons (Fsp3) is 0.467. The average molecular weight is 309 g/mol. The number of hydrogen-bond acceptors (Lipinski definition) is 4. The van der Waals surface area contributed by atoms with E-state index in [1.807, 2.05) is 0 Å². The quantitative estimate of drug-likeness (QED) is 0.930. The van der Waals surface area contributed by atoms with E-state index in [2.05, 4.69) is 10.4 Å². The van der Waals surface area contributed by atoms with Crippen molar-refractivity contribution in [1.29, 1.82) is 0 Å². The Bertz CT molecular complexity index is 665. The Labute approximate surface area is 125 Å². The molecule has 0 bridgehead atoms. The van der Waals surface area contributed by atoms with E-state index in [9.17, 15) is 18.0 Å². The number of alkyl halides is 2. The van der Waals surface area contributed by atoms with Crippen molar-refractivity contribution < 1.29 is 18.0 Å². The number of carbonyl (C=O) groups is 1. The van der Waals surface area contributed by atoms with Crippen LogP contribution < -0.4 is 5.43 Å². The van der Waals surface area contributed by atoms with Gasteiger partial charge in [0.25, 0.3) is 0 Å². The summed E-state index contributed by atoms with van der Waals surface area (Å²) >= 11 is 0. The molecule has 1 aromatic carbocycles. The molecule has 7 heteroatoms. The lowest BCUT2D eigenvalue weighted by Gasteiger charge is -2.23. The summed E-state index contributed by atoms with van der Waals surface area (Å²) in [5, 5.41) is 1.46. The Morgan fingerprint density at radius 2 is 1.95 bits per heavy atom. The van der Waals surface area contributed by atoms with Crippen LogP contribution in [0.25, 0.3) is 0 Å². The zero-order chi connectivity index (χ0) is 15.4. The summed E-state index contributed by atoms with van der Waals surface area (Å²) in [7, 11) is 0. The number of halogens is 3. The van der Waals surface area contributed by atoms with Crippen molar-refractivity contribution in [2.24, 2.45) is 10.9 Å². The molecular formula is C15H14F3N3O. The molecule has 116 valence electrons. The smallest absolute Gasteiger partial charge is 0.204 e. The topological polar surface area (TPSA) is 44.7 Å². The second-order valence-corrected chi connectivity index (χ2v) is 5.92. The SMILES string of the molecule is O=C(C1=NC2[C@@H](F)C[C@@H](c3ccccc3F)N2N1)[C@@H]1C[C@H]1F. The van der Waals surface area contributed by atoms with Crippen LogP contribution in [0.5, 0.6) is 0 Å². The van der Waals surface area contributed by atoms with Gasteiger partial charge in [-0.2, -0.15) is 5.01 Å². The third-order valence-corrected chi connectivity index (χ3v) is 4.44. The van der Waals surface area contributed by atoms with E-state index < -0.39 is 42.1 Å². The van der Waals surface area contributed by atoms with Crippen molar-refractivity contribution >= 4 is 11.6 Å². The summed E-state index contributed by atoms with van der Waals surface area (Å²) in [6.45, 7) is 0. The molecule has 0 aromatic heterocycles. The first-order valence-electron chi connectivity index (χ1n) is 7.26. The number of hydrazine groups is 1. The Kier molecular flexibility index (Phi) is 3.00. The van der Waals surface area contributed by atoms with Crippen LogP contribution >= 0.6 is 0 Å². The molecule has 22 heavy (non-hydrogen) atoms. The molecule has 1 aromatic rings. The van der Waals surface area contributed by atoms with Gasteiger partial charge in [0.1, 0.15) is 18.2 Å². The Morgan fingerprint density at radius 1 is 1.23 bits per heavy atom. The summed E-state index contributed by atoms with van der Waals surface area (Å²) in [6, 6.07) is 5.61. The average Bonchev–Trinajstić information content (AvgIpc) is 2.95. The third-order valence-electron chi connectivity index (χ3n) is 4.44. The maximum absolute atomic E-state index is 14.2. The van der Waals surface area contributed by atoms with Crippen molar-refractivity contribution in [2.75, 3.05) is 0 Å². The molecule has 3 aliphatic rings. The molecular weight excluding hydrogens is 295 g/mol. The molecule has 2 fully saturated rings. The van der Waals surface area contributed by atoms with Gasteiger partial charge in [-0.15, -0.1) is 0 Å². The van der Waals surface area contributed by atoms with Gasteiger partial charge in [0.05, 0.1) is 12.0 Å². The first-order valence-corrected chi connectivity index (χ1v) is 7.26. The number of aliphatic imine (C=N–C) groups is 1. The molecule has 1 unspecified atom stereocenters. The third kappa shape index (κ3) is 2.03. The van der Waals surface area contributed by atoms with E-state index in [-0.39, 0.29) is 18.7 Å². The molecule has 1 N–H and O–H groups in total. The molecule has 0 amide bonds. The number of hydrogen-bond donors (Lipinski definition) is 1. The van der Waals surface area contributed by atoms with Crippen molar-refractivity contribution in [3.05, 3.63) is 35.6 Å². The number of nitrogens with one attached hydrogen (secondary N) is 1. The molecule has 5 atom stereocenters. The van der Waals surface area contributed by atoms with Crippen LogP contribution in [0.1, 0.15) is 24.4 Å². The van der Waals surface area contributed by atoms with Gasteiger partial charge in [0.15, 0.2) is 12.0 Å². The van der Waals surface area contributed by atoms with Crippen LogP contribution in [-0.2, 0) is 4.79 Å². The van der Waals surface area contributed by atoms with Gasteiger partial charge in [0, 0.05) is 12.0 Å². The van der Waals surface area contributed by atoms with Crippen molar-refractivity contribution in [2.45, 2.75) is 37.4 Å². The molecule has 2 heterocycles. The van der Waals surface area contributed by atoms with E-state index >= 15 is 0 Å². The number of ketones is 1. The fourth-order valence-corrected chi connectivity index (χ4v) is 3.13. The highest BCUT2D eigenvalue weighted by Gasteiger charge is 2.51. The largest absolute Gasteiger partial charge is 0.298 e. The number of nitrogens with zero attached hydrogens (tertiary/aromatic N) is 2. The molecule has 1 saturated carbocycles. The van der Waals surface area contributed by atoms with Crippen LogP contribution in [0.15, 0.2) is 29.3 Å². The van der Waals surface area contributed by atoms with Gasteiger partial charge < -0.3 is 0 Å². The number of benzene rings is 1. The number of carbonyl (C=O) groups excluding carboxylic acids is 1. The minimum atomic E-state index is -1.30. The molecule has 4 nitrogen and oxygen atoms in total. The molecule has 0 spiro atoms. The van der Waals surface area contributed by atoms with Crippen LogP contribution in [-0.4, -0.2) is 35.1 Å². The molecule has 1 saturated heterocycles. The summed E-state index contributed by atoms with van der Waals surface area (Å²) < 4.78 is 41.1. The minimum Gasteiger partial charge on any atom is -0.298 e. The van der Waals surface area contributed by atoms with Crippen LogP contribution in [0.3, 0.4) is 0 Å². The lowest BCUT2D eigenvalue weighted by Crippen LogP contribution is -2.42. The number of Topliss-reactive ketones (excluding diaryl/α,β-unsaturated/α-hetero) is 1. The molecule has 0 radical (unpaired) electrons.